The molecule has 0 bridgehead atoms. The summed E-state index contributed by atoms with van der Waals surface area (Å²) in [5.74, 6) is 1.02. The van der Waals surface area contributed by atoms with E-state index in [4.69, 9.17) is 11.6 Å². The van der Waals surface area contributed by atoms with Gasteiger partial charge in [0.15, 0.2) is 0 Å². The third kappa shape index (κ3) is 3.12. The number of aromatic nitrogens is 3. The molecule has 4 rings (SSSR count). The van der Waals surface area contributed by atoms with Crippen LogP contribution < -0.4 is 4.90 Å². The third-order valence-electron chi connectivity index (χ3n) is 4.88. The van der Waals surface area contributed by atoms with Gasteiger partial charge in [0.1, 0.15) is 11.9 Å². The fourth-order valence-corrected chi connectivity index (χ4v) is 3.49. The molecular formula is C19H20ClN5O. The molecule has 0 spiro atoms. The highest BCUT2D eigenvalue weighted by Crippen LogP contribution is 2.21. The number of carbonyl (C=O) groups is 1. The van der Waals surface area contributed by atoms with Crippen LogP contribution in [-0.2, 0) is 4.79 Å². The van der Waals surface area contributed by atoms with E-state index in [1.54, 1.807) is 12.5 Å². The Labute approximate surface area is 157 Å². The molecule has 1 saturated heterocycles. The summed E-state index contributed by atoms with van der Waals surface area (Å²) in [5.41, 5.74) is 1.89. The van der Waals surface area contributed by atoms with E-state index in [2.05, 4.69) is 14.9 Å². The van der Waals surface area contributed by atoms with Gasteiger partial charge in [0.2, 0.25) is 5.91 Å². The average Bonchev–Trinajstić information content (AvgIpc) is 3.12. The zero-order valence-corrected chi connectivity index (χ0v) is 15.3. The van der Waals surface area contributed by atoms with Crippen LogP contribution in [0.1, 0.15) is 13.0 Å². The Balaban J connectivity index is 1.44. The third-order valence-corrected chi connectivity index (χ3v) is 5.11. The minimum absolute atomic E-state index is 0.122. The van der Waals surface area contributed by atoms with Gasteiger partial charge in [-0.2, -0.15) is 0 Å². The van der Waals surface area contributed by atoms with Crippen molar-refractivity contribution in [2.24, 2.45) is 0 Å². The zero-order chi connectivity index (χ0) is 18.1. The van der Waals surface area contributed by atoms with E-state index in [0.29, 0.717) is 18.1 Å². The zero-order valence-electron chi connectivity index (χ0n) is 14.5. The highest BCUT2D eigenvalue weighted by atomic mass is 35.5. The predicted octanol–water partition coefficient (Wildman–Crippen LogP) is 2.99. The van der Waals surface area contributed by atoms with E-state index in [-0.39, 0.29) is 11.9 Å². The summed E-state index contributed by atoms with van der Waals surface area (Å²) in [6.45, 7) is 4.82. The minimum atomic E-state index is -0.275. The maximum absolute atomic E-state index is 13.0. The molecule has 26 heavy (non-hydrogen) atoms. The van der Waals surface area contributed by atoms with Crippen LogP contribution >= 0.6 is 11.6 Å². The first kappa shape index (κ1) is 16.8. The molecule has 7 heteroatoms. The van der Waals surface area contributed by atoms with E-state index >= 15 is 0 Å². The lowest BCUT2D eigenvalue weighted by atomic mass is 10.2. The normalized spacial score (nSPS) is 16.1. The van der Waals surface area contributed by atoms with Gasteiger partial charge in [0.25, 0.3) is 0 Å². The van der Waals surface area contributed by atoms with Crippen LogP contribution in [0.25, 0.3) is 11.0 Å². The van der Waals surface area contributed by atoms with Crippen molar-refractivity contribution in [3.8, 4) is 0 Å². The molecule has 0 aliphatic carbocycles. The Morgan fingerprint density at radius 1 is 1.08 bits per heavy atom. The number of piperazine rings is 1. The molecule has 1 fully saturated rings. The number of halogens is 1. The van der Waals surface area contributed by atoms with Gasteiger partial charge in [-0.15, -0.1) is 0 Å². The van der Waals surface area contributed by atoms with Gasteiger partial charge in [-0.25, -0.2) is 9.97 Å². The van der Waals surface area contributed by atoms with Crippen LogP contribution in [0.4, 0.5) is 5.82 Å². The van der Waals surface area contributed by atoms with Gasteiger partial charge in [-0.3, -0.25) is 4.79 Å². The molecule has 3 aromatic rings. The SMILES string of the molecule is C[C@H](C(=O)N1CCN(c2ccc(Cl)cn2)CC1)n1cnc2ccccc21. The van der Waals surface area contributed by atoms with Gasteiger partial charge in [0.05, 0.1) is 22.4 Å². The number of amides is 1. The number of rotatable bonds is 3. The monoisotopic (exact) mass is 369 g/mol. The number of benzene rings is 1. The molecule has 0 radical (unpaired) electrons. The second kappa shape index (κ2) is 6.96. The molecule has 1 amide bonds. The van der Waals surface area contributed by atoms with E-state index in [9.17, 15) is 4.79 Å². The van der Waals surface area contributed by atoms with Gasteiger partial charge in [-0.05, 0) is 31.2 Å². The molecular weight excluding hydrogens is 350 g/mol. The maximum Gasteiger partial charge on any atom is 0.245 e. The molecule has 134 valence electrons. The van der Waals surface area contributed by atoms with E-state index in [1.165, 1.54) is 0 Å². The van der Waals surface area contributed by atoms with E-state index < -0.39 is 0 Å². The summed E-state index contributed by atoms with van der Waals surface area (Å²) >= 11 is 5.90. The maximum atomic E-state index is 13.0. The van der Waals surface area contributed by atoms with Crippen molar-refractivity contribution in [2.45, 2.75) is 13.0 Å². The summed E-state index contributed by atoms with van der Waals surface area (Å²) in [7, 11) is 0. The Hall–Kier alpha value is -2.60. The molecule has 0 saturated carbocycles. The minimum Gasteiger partial charge on any atom is -0.353 e. The van der Waals surface area contributed by atoms with E-state index in [0.717, 1.165) is 29.9 Å². The second-order valence-electron chi connectivity index (χ2n) is 6.46. The molecule has 3 heterocycles. The number of hydrogen-bond acceptors (Lipinski definition) is 4. The molecule has 1 aromatic carbocycles. The van der Waals surface area contributed by atoms with Crippen LogP contribution in [0.2, 0.25) is 5.02 Å². The summed E-state index contributed by atoms with van der Waals surface area (Å²) in [6, 6.07) is 11.4. The molecule has 1 atom stereocenters. The van der Waals surface area contributed by atoms with Crippen molar-refractivity contribution in [1.29, 1.82) is 0 Å². The summed E-state index contributed by atoms with van der Waals surface area (Å²) in [5, 5.41) is 0.629. The number of para-hydroxylation sites is 2. The van der Waals surface area contributed by atoms with Crippen molar-refractivity contribution in [1.82, 2.24) is 19.4 Å². The van der Waals surface area contributed by atoms with Gasteiger partial charge >= 0.3 is 0 Å². The Bertz CT molecular complexity index is 915. The Morgan fingerprint density at radius 2 is 1.85 bits per heavy atom. The first-order valence-corrected chi connectivity index (χ1v) is 9.08. The number of nitrogens with zero attached hydrogens (tertiary/aromatic N) is 5. The first-order valence-electron chi connectivity index (χ1n) is 8.70. The molecule has 1 aliphatic rings. The number of imidazole rings is 1. The van der Waals surface area contributed by atoms with E-state index in [1.807, 2.05) is 52.8 Å². The van der Waals surface area contributed by atoms with Crippen LogP contribution in [0.3, 0.4) is 0 Å². The number of hydrogen-bond donors (Lipinski definition) is 0. The lowest BCUT2D eigenvalue weighted by molar-refractivity contribution is -0.134. The largest absolute Gasteiger partial charge is 0.353 e. The van der Waals surface area contributed by atoms with Crippen LogP contribution in [0, 0.1) is 0 Å². The van der Waals surface area contributed by atoms with Crippen molar-refractivity contribution >= 4 is 34.4 Å². The lowest BCUT2D eigenvalue weighted by Gasteiger charge is -2.36. The van der Waals surface area contributed by atoms with Crippen molar-refractivity contribution < 1.29 is 4.79 Å². The fraction of sp³-hybridized carbons (Fsp3) is 0.316. The average molecular weight is 370 g/mol. The van der Waals surface area contributed by atoms with Crippen LogP contribution in [-0.4, -0.2) is 51.5 Å². The highest BCUT2D eigenvalue weighted by Gasteiger charge is 2.27. The van der Waals surface area contributed by atoms with Crippen molar-refractivity contribution in [3.05, 3.63) is 53.9 Å². The summed E-state index contributed by atoms with van der Waals surface area (Å²) < 4.78 is 1.95. The molecule has 1 aliphatic heterocycles. The Kier molecular flexibility index (Phi) is 4.51. The van der Waals surface area contributed by atoms with Crippen LogP contribution in [0.5, 0.6) is 0 Å². The quantitative estimate of drug-likeness (QED) is 0.712. The summed E-state index contributed by atoms with van der Waals surface area (Å²) in [6.07, 6.45) is 3.40. The number of pyridine rings is 1. The standard InChI is InChI=1S/C19H20ClN5O/c1-14(25-13-22-16-4-2-3-5-17(16)25)19(26)24-10-8-23(9-11-24)18-7-6-15(20)12-21-18/h2-7,12-14H,8-11H2,1H3/t14-/m1/s1. The topological polar surface area (TPSA) is 54.3 Å². The molecule has 0 unspecified atom stereocenters. The van der Waals surface area contributed by atoms with Crippen molar-refractivity contribution in [2.75, 3.05) is 31.1 Å². The van der Waals surface area contributed by atoms with Gasteiger partial charge < -0.3 is 14.4 Å². The van der Waals surface area contributed by atoms with Gasteiger partial charge in [-0.1, -0.05) is 23.7 Å². The molecule has 0 N–H and O–H groups in total. The summed E-state index contributed by atoms with van der Waals surface area (Å²) in [4.78, 5) is 25.8. The predicted molar refractivity (Wildman–Crippen MR) is 102 cm³/mol. The fourth-order valence-electron chi connectivity index (χ4n) is 3.38. The first-order chi connectivity index (χ1) is 12.6. The van der Waals surface area contributed by atoms with Crippen molar-refractivity contribution in [3.63, 3.8) is 0 Å². The molecule has 2 aromatic heterocycles. The number of carbonyl (C=O) groups excluding carboxylic acids is 1. The highest BCUT2D eigenvalue weighted by molar-refractivity contribution is 6.30. The second-order valence-corrected chi connectivity index (χ2v) is 6.90. The lowest BCUT2D eigenvalue weighted by Crippen LogP contribution is -2.50. The smallest absolute Gasteiger partial charge is 0.245 e. The number of fused-ring (bicyclic) bond motifs is 1. The number of anilines is 1. The van der Waals surface area contributed by atoms with Crippen LogP contribution in [0.15, 0.2) is 48.9 Å². The molecule has 6 nitrogen and oxygen atoms in total. The van der Waals surface area contributed by atoms with Gasteiger partial charge in [0, 0.05) is 32.4 Å². The Morgan fingerprint density at radius 3 is 2.58 bits per heavy atom.